The number of rotatable bonds is 1. The molecule has 16 heavy (non-hydrogen) atoms. The standard InChI is InChI=1S/C12H8F2.CH3Cl/c13-11-8-4-7-10(12(11)14)9-5-2-1-3-6-9;1-2/h1-8H;1H3. The smallest absolute Gasteiger partial charge is 0.166 e. The monoisotopic (exact) mass is 240 g/mol. The SMILES string of the molecule is CCl.Fc1cccc(-c2ccccc2)c1F. The first-order valence-electron chi connectivity index (χ1n) is 4.66. The molecule has 0 atom stereocenters. The number of halogens is 3. The Kier molecular flexibility index (Phi) is 4.93. The number of hydrogen-bond acceptors (Lipinski definition) is 0. The number of alkyl halides is 1. The Morgan fingerprint density at radius 1 is 0.812 bits per heavy atom. The van der Waals surface area contributed by atoms with Crippen LogP contribution in [0.2, 0.25) is 0 Å². The molecule has 0 radical (unpaired) electrons. The molecule has 0 nitrogen and oxygen atoms in total. The Hall–Kier alpha value is -1.41. The number of benzene rings is 2. The molecule has 0 unspecified atom stereocenters. The lowest BCUT2D eigenvalue weighted by atomic mass is 10.1. The first-order valence-corrected chi connectivity index (χ1v) is 5.42. The van der Waals surface area contributed by atoms with Crippen LogP contribution in [0.5, 0.6) is 0 Å². The van der Waals surface area contributed by atoms with Gasteiger partial charge < -0.3 is 0 Å². The van der Waals surface area contributed by atoms with E-state index in [0.717, 1.165) is 6.07 Å². The molecular weight excluding hydrogens is 230 g/mol. The van der Waals surface area contributed by atoms with Crippen LogP contribution in [0.4, 0.5) is 8.78 Å². The van der Waals surface area contributed by atoms with Crippen molar-refractivity contribution < 1.29 is 8.78 Å². The van der Waals surface area contributed by atoms with Crippen LogP contribution in [-0.4, -0.2) is 6.38 Å². The van der Waals surface area contributed by atoms with Crippen LogP contribution in [0.15, 0.2) is 48.5 Å². The molecule has 0 aliphatic rings. The van der Waals surface area contributed by atoms with Crippen molar-refractivity contribution in [3.8, 4) is 11.1 Å². The van der Waals surface area contributed by atoms with Crippen molar-refractivity contribution in [2.75, 3.05) is 6.38 Å². The summed E-state index contributed by atoms with van der Waals surface area (Å²) in [6.07, 6.45) is 1.47. The topological polar surface area (TPSA) is 0 Å². The summed E-state index contributed by atoms with van der Waals surface area (Å²) in [6, 6.07) is 13.1. The van der Waals surface area contributed by atoms with E-state index in [4.69, 9.17) is 0 Å². The molecule has 0 amide bonds. The minimum atomic E-state index is -0.814. The van der Waals surface area contributed by atoms with Gasteiger partial charge in [-0.2, -0.15) is 0 Å². The summed E-state index contributed by atoms with van der Waals surface area (Å²) in [5.74, 6) is -1.61. The van der Waals surface area contributed by atoms with E-state index < -0.39 is 11.6 Å². The first kappa shape index (κ1) is 12.7. The zero-order valence-electron chi connectivity index (χ0n) is 8.75. The fourth-order valence-electron chi connectivity index (χ4n) is 1.34. The van der Waals surface area contributed by atoms with E-state index in [9.17, 15) is 8.78 Å². The molecular formula is C13H11ClF2. The Labute approximate surface area is 98.5 Å². The highest BCUT2D eigenvalue weighted by molar-refractivity contribution is 6.15. The molecule has 0 fully saturated rings. The summed E-state index contributed by atoms with van der Waals surface area (Å²) >= 11 is 4.64. The molecule has 84 valence electrons. The Morgan fingerprint density at radius 2 is 1.44 bits per heavy atom. The van der Waals surface area contributed by atoms with Crippen LogP contribution < -0.4 is 0 Å². The maximum absolute atomic E-state index is 13.3. The van der Waals surface area contributed by atoms with Crippen LogP contribution in [0.1, 0.15) is 0 Å². The van der Waals surface area contributed by atoms with E-state index in [1.54, 1.807) is 30.3 Å². The van der Waals surface area contributed by atoms with Crippen molar-refractivity contribution in [3.05, 3.63) is 60.2 Å². The van der Waals surface area contributed by atoms with E-state index >= 15 is 0 Å². The van der Waals surface area contributed by atoms with E-state index in [2.05, 4.69) is 11.6 Å². The molecule has 0 N–H and O–H groups in total. The van der Waals surface area contributed by atoms with Crippen molar-refractivity contribution in [2.45, 2.75) is 0 Å². The highest BCUT2D eigenvalue weighted by Gasteiger charge is 2.08. The molecule has 0 saturated heterocycles. The van der Waals surface area contributed by atoms with Gasteiger partial charge in [0, 0.05) is 11.9 Å². The summed E-state index contributed by atoms with van der Waals surface area (Å²) in [7, 11) is 0. The summed E-state index contributed by atoms with van der Waals surface area (Å²) < 4.78 is 26.2. The molecule has 0 spiro atoms. The molecule has 2 aromatic carbocycles. The maximum atomic E-state index is 13.3. The third-order valence-corrected chi connectivity index (χ3v) is 2.04. The summed E-state index contributed by atoms with van der Waals surface area (Å²) in [5, 5.41) is 0. The van der Waals surface area contributed by atoms with E-state index in [1.807, 2.05) is 6.07 Å². The van der Waals surface area contributed by atoms with Crippen LogP contribution >= 0.6 is 11.6 Å². The third-order valence-electron chi connectivity index (χ3n) is 2.04. The minimum absolute atomic E-state index is 0.297. The van der Waals surface area contributed by atoms with Crippen molar-refractivity contribution in [2.24, 2.45) is 0 Å². The highest BCUT2D eigenvalue weighted by Crippen LogP contribution is 2.23. The molecule has 3 heteroatoms. The lowest BCUT2D eigenvalue weighted by Crippen LogP contribution is -1.88. The molecule has 2 aromatic rings. The Bertz CT molecular complexity index is 441. The predicted molar refractivity (Wildman–Crippen MR) is 63.6 cm³/mol. The van der Waals surface area contributed by atoms with Crippen LogP contribution in [0.3, 0.4) is 0 Å². The van der Waals surface area contributed by atoms with Gasteiger partial charge in [0.15, 0.2) is 11.6 Å². The van der Waals surface area contributed by atoms with Crippen molar-refractivity contribution in [1.82, 2.24) is 0 Å². The van der Waals surface area contributed by atoms with Crippen molar-refractivity contribution >= 4 is 11.6 Å². The van der Waals surface area contributed by atoms with Gasteiger partial charge >= 0.3 is 0 Å². The largest absolute Gasteiger partial charge is 0.204 e. The first-order chi connectivity index (χ1) is 7.79. The van der Waals surface area contributed by atoms with Crippen LogP contribution in [-0.2, 0) is 0 Å². The van der Waals surface area contributed by atoms with Gasteiger partial charge in [0.05, 0.1) is 0 Å². The van der Waals surface area contributed by atoms with Crippen molar-refractivity contribution in [3.63, 3.8) is 0 Å². The third kappa shape index (κ3) is 2.80. The second-order valence-electron chi connectivity index (χ2n) is 2.97. The summed E-state index contributed by atoms with van der Waals surface area (Å²) in [6.45, 7) is 0. The van der Waals surface area contributed by atoms with E-state index in [-0.39, 0.29) is 0 Å². The molecule has 0 saturated carbocycles. The molecule has 0 aliphatic heterocycles. The van der Waals surface area contributed by atoms with E-state index in [0.29, 0.717) is 11.1 Å². The van der Waals surface area contributed by atoms with Gasteiger partial charge in [0.25, 0.3) is 0 Å². The van der Waals surface area contributed by atoms with Gasteiger partial charge in [0.1, 0.15) is 0 Å². The molecule has 2 rings (SSSR count). The van der Waals surface area contributed by atoms with Gasteiger partial charge in [-0.05, 0) is 11.6 Å². The van der Waals surface area contributed by atoms with Gasteiger partial charge in [0.2, 0.25) is 0 Å². The maximum Gasteiger partial charge on any atom is 0.166 e. The van der Waals surface area contributed by atoms with Gasteiger partial charge in [-0.15, -0.1) is 11.6 Å². The normalized spacial score (nSPS) is 9.25. The molecule has 0 aromatic heterocycles. The average Bonchev–Trinajstić information content (AvgIpc) is 2.36. The lowest BCUT2D eigenvalue weighted by Gasteiger charge is -2.02. The van der Waals surface area contributed by atoms with Gasteiger partial charge in [-0.25, -0.2) is 8.78 Å². The zero-order valence-corrected chi connectivity index (χ0v) is 9.51. The minimum Gasteiger partial charge on any atom is -0.204 e. The second-order valence-corrected chi connectivity index (χ2v) is 2.97. The summed E-state index contributed by atoms with van der Waals surface area (Å²) in [4.78, 5) is 0. The van der Waals surface area contributed by atoms with Crippen LogP contribution in [0.25, 0.3) is 11.1 Å². The van der Waals surface area contributed by atoms with E-state index in [1.165, 1.54) is 12.4 Å². The Balaban J connectivity index is 0.000000606. The molecule has 0 aliphatic carbocycles. The quantitative estimate of drug-likeness (QED) is 0.645. The van der Waals surface area contributed by atoms with Crippen molar-refractivity contribution in [1.29, 1.82) is 0 Å². The fourth-order valence-corrected chi connectivity index (χ4v) is 1.34. The molecule has 0 heterocycles. The van der Waals surface area contributed by atoms with Crippen LogP contribution in [0, 0.1) is 11.6 Å². The highest BCUT2D eigenvalue weighted by atomic mass is 35.5. The summed E-state index contributed by atoms with van der Waals surface area (Å²) in [5.41, 5.74) is 0.982. The lowest BCUT2D eigenvalue weighted by molar-refractivity contribution is 0.511. The molecule has 0 bridgehead atoms. The Morgan fingerprint density at radius 3 is 2.06 bits per heavy atom. The van der Waals surface area contributed by atoms with Gasteiger partial charge in [-0.3, -0.25) is 0 Å². The predicted octanol–water partition coefficient (Wildman–Crippen LogP) is 4.49. The second kappa shape index (κ2) is 6.23. The van der Waals surface area contributed by atoms with Gasteiger partial charge in [-0.1, -0.05) is 42.5 Å². The zero-order chi connectivity index (χ0) is 12.0. The fraction of sp³-hybridized carbons (Fsp3) is 0.0769. The average molecular weight is 241 g/mol. The number of hydrogen-bond donors (Lipinski definition) is 0.